The van der Waals surface area contributed by atoms with Crippen molar-refractivity contribution in [2.75, 3.05) is 6.54 Å². The number of aliphatic imine (C=N–C) groups is 1. The normalized spacial score (nSPS) is 23.5. The minimum Gasteiger partial charge on any atom is -0.383 e. The Morgan fingerprint density at radius 3 is 3.00 bits per heavy atom. The predicted molar refractivity (Wildman–Crippen MR) is 65.3 cm³/mol. The summed E-state index contributed by atoms with van der Waals surface area (Å²) < 4.78 is 0. The van der Waals surface area contributed by atoms with E-state index in [2.05, 4.69) is 15.7 Å². The predicted octanol–water partition coefficient (Wildman–Crippen LogP) is 0.318. The topological polar surface area (TPSA) is 89.5 Å². The number of hydrogen-bond donors (Lipinski definition) is 3. The fraction of sp³-hybridized carbons (Fsp3) is 0.400. The van der Waals surface area contributed by atoms with E-state index in [4.69, 9.17) is 22.6 Å². The number of amidine groups is 1. The lowest BCUT2D eigenvalue weighted by Gasteiger charge is -2.26. The Morgan fingerprint density at radius 2 is 2.41 bits per heavy atom. The molecule has 0 fully saturated rings. The molecule has 0 amide bonds. The van der Waals surface area contributed by atoms with E-state index in [9.17, 15) is 0 Å². The molecule has 2 aliphatic rings. The lowest BCUT2D eigenvalue weighted by atomic mass is 10.2. The molecule has 0 aromatic carbocycles. The molecule has 1 unspecified atom stereocenters. The molecule has 4 N–H and O–H groups in total. The summed E-state index contributed by atoms with van der Waals surface area (Å²) in [6.07, 6.45) is 0. The maximum atomic E-state index is 9.10. The number of fused-ring (bicyclic) bond motifs is 1. The zero-order valence-corrected chi connectivity index (χ0v) is 10.3. The van der Waals surface area contributed by atoms with Crippen LogP contribution in [0.1, 0.15) is 13.8 Å². The summed E-state index contributed by atoms with van der Waals surface area (Å²) in [6.45, 7) is 4.48. The van der Waals surface area contributed by atoms with Crippen molar-refractivity contribution in [1.82, 2.24) is 15.8 Å². The van der Waals surface area contributed by atoms with Crippen molar-refractivity contribution >= 4 is 17.4 Å². The number of nitrogens with two attached hydrogens (primary N) is 1. The van der Waals surface area contributed by atoms with Crippen molar-refractivity contribution < 1.29 is 0 Å². The highest BCUT2D eigenvalue weighted by molar-refractivity contribution is 6.31. The van der Waals surface area contributed by atoms with Gasteiger partial charge in [-0.25, -0.2) is 15.4 Å². The molecule has 0 aliphatic carbocycles. The van der Waals surface area contributed by atoms with Crippen molar-refractivity contribution in [2.45, 2.75) is 19.9 Å². The molecule has 0 aromatic heterocycles. The third-order valence-electron chi connectivity index (χ3n) is 2.54. The molecule has 2 rings (SSSR count). The Labute approximate surface area is 104 Å². The van der Waals surface area contributed by atoms with Gasteiger partial charge in [0.15, 0.2) is 5.82 Å². The molecular weight excluding hydrogens is 240 g/mol. The molecule has 0 spiro atoms. The van der Waals surface area contributed by atoms with Gasteiger partial charge in [-0.3, -0.25) is 0 Å². The highest BCUT2D eigenvalue weighted by Crippen LogP contribution is 2.30. The Kier molecular flexibility index (Phi) is 2.96. The average molecular weight is 253 g/mol. The van der Waals surface area contributed by atoms with Gasteiger partial charge < -0.3 is 11.1 Å². The van der Waals surface area contributed by atoms with E-state index in [0.717, 1.165) is 0 Å². The lowest BCUT2D eigenvalue weighted by Crippen LogP contribution is -2.43. The van der Waals surface area contributed by atoms with E-state index in [1.165, 1.54) is 0 Å². The minimum atomic E-state index is -0.0603. The molecule has 0 saturated carbocycles. The van der Waals surface area contributed by atoms with Crippen LogP contribution in [0, 0.1) is 11.3 Å². The third kappa shape index (κ3) is 1.73. The monoisotopic (exact) mass is 252 g/mol. The Hall–Kier alpha value is -1.71. The van der Waals surface area contributed by atoms with Crippen LogP contribution in [-0.4, -0.2) is 23.4 Å². The zero-order chi connectivity index (χ0) is 12.6. The summed E-state index contributed by atoms with van der Waals surface area (Å²) >= 11 is 6.14. The zero-order valence-electron chi connectivity index (χ0n) is 9.58. The summed E-state index contributed by atoms with van der Waals surface area (Å²) in [4.78, 5) is 4.32. The van der Waals surface area contributed by atoms with E-state index in [-0.39, 0.29) is 6.04 Å². The van der Waals surface area contributed by atoms with Gasteiger partial charge in [0.2, 0.25) is 0 Å². The molecule has 0 radical (unpaired) electrons. The Morgan fingerprint density at radius 1 is 1.71 bits per heavy atom. The molecular formula is C10H13ClN6. The molecule has 2 heterocycles. The molecule has 2 aliphatic heterocycles. The fourth-order valence-electron chi connectivity index (χ4n) is 1.70. The molecule has 0 saturated heterocycles. The number of nitrogens with one attached hydrogen (secondary N) is 2. The number of hydrazine groups is 1. The van der Waals surface area contributed by atoms with E-state index < -0.39 is 0 Å². The van der Waals surface area contributed by atoms with Gasteiger partial charge in [0.1, 0.15) is 23.3 Å². The maximum Gasteiger partial charge on any atom is 0.167 e. The van der Waals surface area contributed by atoms with Crippen molar-refractivity contribution in [3.8, 4) is 6.07 Å². The first-order valence-electron chi connectivity index (χ1n) is 5.28. The molecule has 7 heteroatoms. The van der Waals surface area contributed by atoms with E-state index in [1.807, 2.05) is 19.9 Å². The summed E-state index contributed by atoms with van der Waals surface area (Å²) in [5.41, 5.74) is 9.29. The molecule has 17 heavy (non-hydrogen) atoms. The lowest BCUT2D eigenvalue weighted by molar-refractivity contribution is 0.314. The summed E-state index contributed by atoms with van der Waals surface area (Å²) in [6, 6.07) is 1.98. The molecule has 90 valence electrons. The number of nitrogens with zero attached hydrogens (tertiary/aromatic N) is 3. The van der Waals surface area contributed by atoms with Gasteiger partial charge >= 0.3 is 0 Å². The SMILES string of the molecule is CCNC1=NC2=C(Cl)C(C)NN2C(N)=C1C#N. The molecule has 1 atom stereocenters. The molecule has 6 nitrogen and oxygen atoms in total. The van der Waals surface area contributed by atoms with Crippen molar-refractivity contribution in [2.24, 2.45) is 10.7 Å². The van der Waals surface area contributed by atoms with Gasteiger partial charge in [0, 0.05) is 6.54 Å². The van der Waals surface area contributed by atoms with Gasteiger partial charge in [-0.05, 0) is 13.8 Å². The number of rotatable bonds is 1. The molecule has 0 aromatic rings. The van der Waals surface area contributed by atoms with Crippen LogP contribution in [0.5, 0.6) is 0 Å². The van der Waals surface area contributed by atoms with Gasteiger partial charge in [-0.15, -0.1) is 0 Å². The third-order valence-corrected chi connectivity index (χ3v) is 3.03. The second-order valence-electron chi connectivity index (χ2n) is 3.72. The van der Waals surface area contributed by atoms with Crippen LogP contribution in [0.25, 0.3) is 0 Å². The number of halogens is 1. The Bertz CT molecular complexity index is 484. The average Bonchev–Trinajstić information content (AvgIpc) is 2.58. The highest BCUT2D eigenvalue weighted by atomic mass is 35.5. The second kappa shape index (κ2) is 4.28. The molecule has 0 bridgehead atoms. The largest absolute Gasteiger partial charge is 0.383 e. The Balaban J connectivity index is 2.50. The number of likely N-dealkylation sites (N-methyl/N-ethyl adjacent to an activating group) is 1. The van der Waals surface area contributed by atoms with Crippen molar-refractivity contribution in [3.63, 3.8) is 0 Å². The van der Waals surface area contributed by atoms with Crippen molar-refractivity contribution in [1.29, 1.82) is 5.26 Å². The van der Waals surface area contributed by atoms with Crippen LogP contribution in [0.3, 0.4) is 0 Å². The first-order valence-corrected chi connectivity index (χ1v) is 5.66. The van der Waals surface area contributed by atoms with Gasteiger partial charge in [0.25, 0.3) is 0 Å². The summed E-state index contributed by atoms with van der Waals surface area (Å²) in [5.74, 6) is 1.33. The fourth-order valence-corrected chi connectivity index (χ4v) is 1.88. The highest BCUT2D eigenvalue weighted by Gasteiger charge is 2.34. The van der Waals surface area contributed by atoms with Crippen LogP contribution in [-0.2, 0) is 0 Å². The van der Waals surface area contributed by atoms with E-state index >= 15 is 0 Å². The summed E-state index contributed by atoms with van der Waals surface area (Å²) in [7, 11) is 0. The van der Waals surface area contributed by atoms with E-state index in [1.54, 1.807) is 5.01 Å². The van der Waals surface area contributed by atoms with E-state index in [0.29, 0.717) is 34.6 Å². The van der Waals surface area contributed by atoms with Crippen LogP contribution < -0.4 is 16.5 Å². The standard InChI is InChI=1S/C10H13ClN6/c1-3-14-9-6(4-12)8(13)17-10(15-9)7(11)5(2)16-17/h5,16H,3,13H2,1-2H3,(H,14,15). The van der Waals surface area contributed by atoms with Crippen molar-refractivity contribution in [3.05, 3.63) is 22.2 Å². The minimum absolute atomic E-state index is 0.0603. The van der Waals surface area contributed by atoms with Crippen LogP contribution in [0.15, 0.2) is 27.2 Å². The number of nitriles is 1. The van der Waals surface area contributed by atoms with Crippen LogP contribution in [0.4, 0.5) is 0 Å². The quantitative estimate of drug-likeness (QED) is 0.625. The summed E-state index contributed by atoms with van der Waals surface area (Å²) in [5, 5.41) is 14.2. The first-order chi connectivity index (χ1) is 8.10. The number of hydrogen-bond acceptors (Lipinski definition) is 6. The van der Waals surface area contributed by atoms with Gasteiger partial charge in [-0.1, -0.05) is 11.6 Å². The van der Waals surface area contributed by atoms with Gasteiger partial charge in [-0.2, -0.15) is 5.26 Å². The maximum absolute atomic E-state index is 9.10. The second-order valence-corrected chi connectivity index (χ2v) is 4.13. The van der Waals surface area contributed by atoms with Gasteiger partial charge in [0.05, 0.1) is 11.1 Å². The smallest absolute Gasteiger partial charge is 0.167 e. The van der Waals surface area contributed by atoms with Crippen LogP contribution in [0.2, 0.25) is 0 Å². The first kappa shape index (κ1) is 11.8. The van der Waals surface area contributed by atoms with Crippen LogP contribution >= 0.6 is 11.6 Å².